The van der Waals surface area contributed by atoms with Crippen LogP contribution < -0.4 is 10.6 Å². The molecule has 1 aliphatic rings. The summed E-state index contributed by atoms with van der Waals surface area (Å²) < 4.78 is 0. The quantitative estimate of drug-likeness (QED) is 0.653. The Morgan fingerprint density at radius 2 is 2.23 bits per heavy atom. The van der Waals surface area contributed by atoms with Crippen LogP contribution in [-0.4, -0.2) is 11.9 Å². The number of rotatable bonds is 1. The van der Waals surface area contributed by atoms with Gasteiger partial charge in [-0.1, -0.05) is 0 Å². The molecule has 3 amide bonds. The van der Waals surface area contributed by atoms with E-state index in [1.54, 1.807) is 6.92 Å². The van der Waals surface area contributed by atoms with Crippen LogP contribution in [0.5, 0.6) is 0 Å². The van der Waals surface area contributed by atoms with Crippen LogP contribution in [0, 0.1) is 0 Å². The second kappa shape index (κ2) is 2.56. The van der Waals surface area contributed by atoms with Crippen LogP contribution in [0.1, 0.15) is 12.5 Å². The van der Waals surface area contributed by atoms with Gasteiger partial charge in [-0.3, -0.25) is 10.1 Å². The summed E-state index contributed by atoms with van der Waals surface area (Å²) in [6.45, 7) is 1.69. The van der Waals surface area contributed by atoms with Gasteiger partial charge in [0.05, 0.1) is 0 Å². The number of thiophene rings is 1. The van der Waals surface area contributed by atoms with Crippen molar-refractivity contribution in [3.63, 3.8) is 0 Å². The summed E-state index contributed by atoms with van der Waals surface area (Å²) >= 11 is 1.50. The van der Waals surface area contributed by atoms with Gasteiger partial charge in [0.2, 0.25) is 0 Å². The minimum atomic E-state index is -0.892. The fourth-order valence-electron chi connectivity index (χ4n) is 1.30. The zero-order valence-electron chi connectivity index (χ0n) is 6.96. The molecule has 2 N–H and O–H groups in total. The third-order valence-electron chi connectivity index (χ3n) is 2.14. The van der Waals surface area contributed by atoms with Crippen molar-refractivity contribution in [3.05, 3.63) is 22.4 Å². The molecule has 13 heavy (non-hydrogen) atoms. The Hall–Kier alpha value is -1.36. The van der Waals surface area contributed by atoms with Crippen molar-refractivity contribution in [3.8, 4) is 0 Å². The van der Waals surface area contributed by atoms with Crippen LogP contribution in [0.25, 0.3) is 0 Å². The number of carbonyl (C=O) groups excluding carboxylic acids is 2. The van der Waals surface area contributed by atoms with Gasteiger partial charge in [-0.05, 0) is 29.3 Å². The summed E-state index contributed by atoms with van der Waals surface area (Å²) in [7, 11) is 0. The molecule has 68 valence electrons. The van der Waals surface area contributed by atoms with Crippen LogP contribution in [0.2, 0.25) is 0 Å². The minimum absolute atomic E-state index is 0.295. The van der Waals surface area contributed by atoms with E-state index in [1.807, 2.05) is 16.8 Å². The minimum Gasteiger partial charge on any atom is -0.320 e. The molecule has 1 aromatic heterocycles. The summed E-state index contributed by atoms with van der Waals surface area (Å²) in [6.07, 6.45) is 0. The highest BCUT2D eigenvalue weighted by molar-refractivity contribution is 7.08. The van der Waals surface area contributed by atoms with Crippen LogP contribution in [0.4, 0.5) is 4.79 Å². The number of imide groups is 1. The van der Waals surface area contributed by atoms with Crippen LogP contribution in [-0.2, 0) is 10.3 Å². The summed E-state index contributed by atoms with van der Waals surface area (Å²) in [5.74, 6) is -0.295. The maximum absolute atomic E-state index is 11.4. The van der Waals surface area contributed by atoms with E-state index in [2.05, 4.69) is 10.6 Å². The predicted octanol–water partition coefficient (Wildman–Crippen LogP) is 0.803. The van der Waals surface area contributed by atoms with E-state index >= 15 is 0 Å². The Bertz CT molecular complexity index is 360. The highest BCUT2D eigenvalue weighted by Crippen LogP contribution is 2.25. The van der Waals surface area contributed by atoms with E-state index in [0.29, 0.717) is 0 Å². The van der Waals surface area contributed by atoms with Gasteiger partial charge in [0.1, 0.15) is 5.54 Å². The molecule has 2 heterocycles. The number of urea groups is 1. The Labute approximate surface area is 78.9 Å². The molecule has 1 aromatic rings. The molecule has 0 saturated carbocycles. The Morgan fingerprint density at radius 3 is 2.69 bits per heavy atom. The zero-order valence-corrected chi connectivity index (χ0v) is 7.77. The first-order valence-corrected chi connectivity index (χ1v) is 4.73. The molecule has 1 fully saturated rings. The molecule has 2 rings (SSSR count). The fourth-order valence-corrected chi connectivity index (χ4v) is 2.06. The highest BCUT2D eigenvalue weighted by atomic mass is 32.1. The first-order valence-electron chi connectivity index (χ1n) is 3.79. The van der Waals surface area contributed by atoms with E-state index in [-0.39, 0.29) is 5.91 Å². The average molecular weight is 196 g/mol. The molecule has 0 radical (unpaired) electrons. The molecule has 0 bridgehead atoms. The first-order chi connectivity index (χ1) is 6.13. The Kier molecular flexibility index (Phi) is 1.63. The lowest BCUT2D eigenvalue weighted by molar-refractivity contribution is -0.123. The smallest absolute Gasteiger partial charge is 0.320 e. The maximum atomic E-state index is 11.4. The molecule has 1 unspecified atom stereocenters. The average Bonchev–Trinajstić information content (AvgIpc) is 2.61. The van der Waals surface area contributed by atoms with E-state index in [9.17, 15) is 9.59 Å². The van der Waals surface area contributed by atoms with Gasteiger partial charge in [0, 0.05) is 0 Å². The normalized spacial score (nSPS) is 27.2. The maximum Gasteiger partial charge on any atom is 0.322 e. The zero-order chi connectivity index (χ0) is 9.47. The lowest BCUT2D eigenvalue weighted by Crippen LogP contribution is -2.40. The lowest BCUT2D eigenvalue weighted by Gasteiger charge is -2.18. The molecule has 1 saturated heterocycles. The van der Waals surface area contributed by atoms with Crippen molar-refractivity contribution in [1.29, 1.82) is 0 Å². The second-order valence-electron chi connectivity index (χ2n) is 3.05. The van der Waals surface area contributed by atoms with Crippen molar-refractivity contribution in [1.82, 2.24) is 10.6 Å². The molecular formula is C8H8N2O2S. The summed E-state index contributed by atoms with van der Waals surface area (Å²) in [4.78, 5) is 22.3. The van der Waals surface area contributed by atoms with E-state index in [1.165, 1.54) is 11.3 Å². The standard InChI is InChI=1S/C8H8N2O2S/c1-8(5-2-3-13-4-5)6(11)9-7(12)10-8/h2-4H,1H3,(H2,9,10,11,12). The molecule has 0 aromatic carbocycles. The molecule has 4 nitrogen and oxygen atoms in total. The van der Waals surface area contributed by atoms with Crippen molar-refractivity contribution in [2.75, 3.05) is 0 Å². The van der Waals surface area contributed by atoms with E-state index < -0.39 is 11.6 Å². The van der Waals surface area contributed by atoms with Crippen LogP contribution >= 0.6 is 11.3 Å². The molecule has 0 aliphatic carbocycles. The molecule has 1 aliphatic heterocycles. The van der Waals surface area contributed by atoms with Crippen molar-refractivity contribution in [2.24, 2.45) is 0 Å². The number of hydrogen-bond acceptors (Lipinski definition) is 3. The van der Waals surface area contributed by atoms with Gasteiger partial charge in [0.15, 0.2) is 0 Å². The first kappa shape index (κ1) is 8.25. The van der Waals surface area contributed by atoms with Gasteiger partial charge in [-0.2, -0.15) is 11.3 Å². The van der Waals surface area contributed by atoms with Crippen molar-refractivity contribution < 1.29 is 9.59 Å². The number of carbonyl (C=O) groups is 2. The van der Waals surface area contributed by atoms with Gasteiger partial charge < -0.3 is 5.32 Å². The third kappa shape index (κ3) is 1.12. The monoisotopic (exact) mass is 196 g/mol. The van der Waals surface area contributed by atoms with Gasteiger partial charge in [-0.15, -0.1) is 0 Å². The molecule has 5 heteroatoms. The van der Waals surface area contributed by atoms with E-state index in [4.69, 9.17) is 0 Å². The van der Waals surface area contributed by atoms with Gasteiger partial charge >= 0.3 is 6.03 Å². The summed E-state index contributed by atoms with van der Waals surface area (Å²) in [5, 5.41) is 8.53. The molecular weight excluding hydrogens is 188 g/mol. The fraction of sp³-hybridized carbons (Fsp3) is 0.250. The highest BCUT2D eigenvalue weighted by Gasteiger charge is 2.43. The summed E-state index contributed by atoms with van der Waals surface area (Å²) in [6, 6.07) is 1.40. The second-order valence-corrected chi connectivity index (χ2v) is 3.83. The summed E-state index contributed by atoms with van der Waals surface area (Å²) in [5.41, 5.74) is -0.0716. The predicted molar refractivity (Wildman–Crippen MR) is 48.3 cm³/mol. The van der Waals surface area contributed by atoms with E-state index in [0.717, 1.165) is 5.56 Å². The SMILES string of the molecule is CC1(c2ccsc2)NC(=O)NC1=O. The van der Waals surface area contributed by atoms with Gasteiger partial charge in [-0.25, -0.2) is 4.79 Å². The third-order valence-corrected chi connectivity index (χ3v) is 2.83. The molecule has 0 spiro atoms. The van der Waals surface area contributed by atoms with Crippen LogP contribution in [0.3, 0.4) is 0 Å². The Morgan fingerprint density at radius 1 is 1.46 bits per heavy atom. The lowest BCUT2D eigenvalue weighted by atomic mass is 9.95. The number of amides is 3. The Balaban J connectivity index is 2.42. The molecule has 1 atom stereocenters. The van der Waals surface area contributed by atoms with Crippen molar-refractivity contribution in [2.45, 2.75) is 12.5 Å². The topological polar surface area (TPSA) is 58.2 Å². The van der Waals surface area contributed by atoms with Gasteiger partial charge in [0.25, 0.3) is 5.91 Å². The number of nitrogens with one attached hydrogen (secondary N) is 2. The largest absolute Gasteiger partial charge is 0.322 e. The van der Waals surface area contributed by atoms with Crippen LogP contribution in [0.15, 0.2) is 16.8 Å². The van der Waals surface area contributed by atoms with Crippen molar-refractivity contribution >= 4 is 23.3 Å². The number of hydrogen-bond donors (Lipinski definition) is 2.